The van der Waals surface area contributed by atoms with Crippen LogP contribution < -0.4 is 5.32 Å². The summed E-state index contributed by atoms with van der Waals surface area (Å²) in [5.41, 5.74) is -0.128. The average Bonchev–Trinajstić information content (AvgIpc) is 2.32. The first-order chi connectivity index (χ1) is 8.58. The van der Waals surface area contributed by atoms with Crippen molar-refractivity contribution in [3.8, 4) is 0 Å². The van der Waals surface area contributed by atoms with Gasteiger partial charge in [0.25, 0.3) is 0 Å². The molecule has 1 aliphatic rings. The molecule has 0 aliphatic heterocycles. The first-order valence-electron chi connectivity index (χ1n) is 6.01. The summed E-state index contributed by atoms with van der Waals surface area (Å²) in [5, 5.41) is 14.1. The molecule has 1 saturated carbocycles. The highest BCUT2D eigenvalue weighted by molar-refractivity contribution is 6.28. The fourth-order valence-electron chi connectivity index (χ4n) is 2.30. The summed E-state index contributed by atoms with van der Waals surface area (Å²) in [5.74, 6) is 0.700. The van der Waals surface area contributed by atoms with Crippen LogP contribution in [0.3, 0.4) is 0 Å². The van der Waals surface area contributed by atoms with Gasteiger partial charge in [0.1, 0.15) is 6.20 Å². The molecule has 0 unspecified atom stereocenters. The normalized spacial score (nSPS) is 23.7. The highest BCUT2D eigenvalue weighted by Gasteiger charge is 2.25. The van der Waals surface area contributed by atoms with Crippen LogP contribution in [-0.4, -0.2) is 20.9 Å². The summed E-state index contributed by atoms with van der Waals surface area (Å²) < 4.78 is 0. The first kappa shape index (κ1) is 13.0. The maximum absolute atomic E-state index is 10.9. The van der Waals surface area contributed by atoms with E-state index in [1.807, 2.05) is 0 Å². The van der Waals surface area contributed by atoms with E-state index in [1.54, 1.807) is 0 Å². The molecule has 7 heteroatoms. The summed E-state index contributed by atoms with van der Waals surface area (Å²) in [6.07, 6.45) is 5.62. The van der Waals surface area contributed by atoms with Gasteiger partial charge in [-0.1, -0.05) is 19.8 Å². The predicted octanol–water partition coefficient (Wildman–Crippen LogP) is 3.03. The van der Waals surface area contributed by atoms with Crippen LogP contribution in [0.2, 0.25) is 5.28 Å². The summed E-state index contributed by atoms with van der Waals surface area (Å²) in [4.78, 5) is 18.0. The lowest BCUT2D eigenvalue weighted by Gasteiger charge is -2.29. The largest absolute Gasteiger partial charge is 0.361 e. The van der Waals surface area contributed by atoms with E-state index in [0.29, 0.717) is 5.92 Å². The van der Waals surface area contributed by atoms with Crippen LogP contribution in [0.5, 0.6) is 0 Å². The van der Waals surface area contributed by atoms with E-state index >= 15 is 0 Å². The number of nitrogens with zero attached hydrogens (tertiary/aromatic N) is 3. The van der Waals surface area contributed by atoms with Crippen molar-refractivity contribution in [2.75, 3.05) is 5.32 Å². The lowest BCUT2D eigenvalue weighted by Crippen LogP contribution is -2.31. The van der Waals surface area contributed by atoms with Crippen LogP contribution in [-0.2, 0) is 0 Å². The number of anilines is 1. The van der Waals surface area contributed by atoms with Gasteiger partial charge in [0.2, 0.25) is 11.1 Å². The molecule has 1 aromatic heterocycles. The molecule has 6 nitrogen and oxygen atoms in total. The van der Waals surface area contributed by atoms with E-state index in [0.717, 1.165) is 25.5 Å². The van der Waals surface area contributed by atoms with Crippen molar-refractivity contribution < 1.29 is 4.92 Å². The third kappa shape index (κ3) is 2.87. The molecule has 98 valence electrons. The summed E-state index contributed by atoms with van der Waals surface area (Å²) in [6.45, 7) is 2.14. The highest BCUT2D eigenvalue weighted by Crippen LogP contribution is 2.29. The summed E-state index contributed by atoms with van der Waals surface area (Å²) >= 11 is 5.69. The second-order valence-electron chi connectivity index (χ2n) is 4.64. The Bertz CT molecular complexity index is 455. The van der Waals surface area contributed by atoms with E-state index < -0.39 is 4.92 Å². The van der Waals surface area contributed by atoms with E-state index in [1.165, 1.54) is 6.42 Å². The molecule has 2 rings (SSSR count). The van der Waals surface area contributed by atoms with E-state index in [9.17, 15) is 10.1 Å². The molecule has 0 spiro atoms. The third-order valence-electron chi connectivity index (χ3n) is 3.37. The van der Waals surface area contributed by atoms with Gasteiger partial charge in [0, 0.05) is 6.04 Å². The molecule has 18 heavy (non-hydrogen) atoms. The standard InChI is InChI=1S/C11H15ClN4O2/c1-7-4-2-3-5-8(7)14-10-9(16(17)18)6-13-11(12)15-10/h6-8H,2-5H2,1H3,(H,13,14,15)/t7-,8+/m1/s1. The fourth-order valence-corrected chi connectivity index (χ4v) is 2.43. The Morgan fingerprint density at radius 3 is 2.89 bits per heavy atom. The van der Waals surface area contributed by atoms with Gasteiger partial charge in [-0.05, 0) is 30.4 Å². The molecule has 1 fully saturated rings. The molecule has 1 heterocycles. The van der Waals surface area contributed by atoms with Crippen LogP contribution in [0, 0.1) is 16.0 Å². The van der Waals surface area contributed by atoms with E-state index in [2.05, 4.69) is 22.2 Å². The lowest BCUT2D eigenvalue weighted by molar-refractivity contribution is -0.384. The number of hydrogen-bond acceptors (Lipinski definition) is 5. The Balaban J connectivity index is 2.21. The fraction of sp³-hybridized carbons (Fsp3) is 0.636. The third-order valence-corrected chi connectivity index (χ3v) is 3.55. The quantitative estimate of drug-likeness (QED) is 0.519. The van der Waals surface area contributed by atoms with Crippen molar-refractivity contribution in [3.63, 3.8) is 0 Å². The van der Waals surface area contributed by atoms with Gasteiger partial charge in [-0.25, -0.2) is 4.98 Å². The molecule has 1 N–H and O–H groups in total. The van der Waals surface area contributed by atoms with Crippen molar-refractivity contribution in [1.29, 1.82) is 0 Å². The number of aromatic nitrogens is 2. The molecule has 0 radical (unpaired) electrons. The van der Waals surface area contributed by atoms with Crippen molar-refractivity contribution in [3.05, 3.63) is 21.6 Å². The minimum absolute atomic E-state index is 0.0200. The van der Waals surface area contributed by atoms with E-state index in [4.69, 9.17) is 11.6 Å². The van der Waals surface area contributed by atoms with Crippen LogP contribution >= 0.6 is 11.6 Å². The second-order valence-corrected chi connectivity index (χ2v) is 4.98. The van der Waals surface area contributed by atoms with Crippen molar-refractivity contribution in [2.24, 2.45) is 5.92 Å². The lowest BCUT2D eigenvalue weighted by atomic mass is 9.86. The van der Waals surface area contributed by atoms with Gasteiger partial charge in [-0.2, -0.15) is 4.98 Å². The van der Waals surface area contributed by atoms with Crippen LogP contribution in [0.1, 0.15) is 32.6 Å². The zero-order chi connectivity index (χ0) is 13.1. The van der Waals surface area contributed by atoms with Gasteiger partial charge in [0.15, 0.2) is 0 Å². The topological polar surface area (TPSA) is 81.0 Å². The van der Waals surface area contributed by atoms with E-state index in [-0.39, 0.29) is 22.8 Å². The van der Waals surface area contributed by atoms with Gasteiger partial charge >= 0.3 is 5.69 Å². The minimum atomic E-state index is -0.494. The van der Waals surface area contributed by atoms with Crippen molar-refractivity contribution in [1.82, 2.24) is 9.97 Å². The Morgan fingerprint density at radius 2 is 2.22 bits per heavy atom. The molecule has 0 bridgehead atoms. The number of nitrogens with one attached hydrogen (secondary N) is 1. The molecule has 1 aliphatic carbocycles. The number of hydrogen-bond donors (Lipinski definition) is 1. The molecule has 1 aromatic rings. The van der Waals surface area contributed by atoms with Crippen molar-refractivity contribution in [2.45, 2.75) is 38.6 Å². The maximum atomic E-state index is 10.9. The van der Waals surface area contributed by atoms with Gasteiger partial charge in [-0.15, -0.1) is 0 Å². The molecule has 0 saturated heterocycles. The van der Waals surface area contributed by atoms with Crippen LogP contribution in [0.4, 0.5) is 11.5 Å². The molecule has 0 amide bonds. The SMILES string of the molecule is C[C@@H]1CCCC[C@@H]1Nc1nc(Cl)ncc1[N+](=O)[O-]. The summed E-state index contributed by atoms with van der Waals surface area (Å²) in [7, 11) is 0. The molecular weight excluding hydrogens is 256 g/mol. The van der Waals surface area contributed by atoms with Gasteiger partial charge < -0.3 is 5.32 Å². The average molecular weight is 271 g/mol. The van der Waals surface area contributed by atoms with Crippen LogP contribution in [0.25, 0.3) is 0 Å². The molecule has 0 aromatic carbocycles. The Morgan fingerprint density at radius 1 is 1.50 bits per heavy atom. The zero-order valence-electron chi connectivity index (χ0n) is 10.1. The second kappa shape index (κ2) is 5.48. The maximum Gasteiger partial charge on any atom is 0.329 e. The van der Waals surface area contributed by atoms with Crippen LogP contribution in [0.15, 0.2) is 6.20 Å². The highest BCUT2D eigenvalue weighted by atomic mass is 35.5. The minimum Gasteiger partial charge on any atom is -0.361 e. The smallest absolute Gasteiger partial charge is 0.329 e. The van der Waals surface area contributed by atoms with Gasteiger partial charge in [0.05, 0.1) is 4.92 Å². The summed E-state index contributed by atoms with van der Waals surface area (Å²) in [6, 6.07) is 0.211. The Labute approximate surface area is 110 Å². The number of nitro groups is 1. The molecule has 2 atom stereocenters. The Kier molecular flexibility index (Phi) is 3.96. The van der Waals surface area contributed by atoms with Crippen molar-refractivity contribution >= 4 is 23.1 Å². The first-order valence-corrected chi connectivity index (χ1v) is 6.39. The predicted molar refractivity (Wildman–Crippen MR) is 68.7 cm³/mol. The molecular formula is C11H15ClN4O2. The van der Waals surface area contributed by atoms with Gasteiger partial charge in [-0.3, -0.25) is 10.1 Å². The monoisotopic (exact) mass is 270 g/mol. The number of halogens is 1. The Hall–Kier alpha value is -1.43. The zero-order valence-corrected chi connectivity index (χ0v) is 10.9. The number of rotatable bonds is 3.